The van der Waals surface area contributed by atoms with Crippen LogP contribution in [0, 0.1) is 11.6 Å². The molecule has 0 aliphatic rings. The third kappa shape index (κ3) is 6.32. The Morgan fingerprint density at radius 1 is 1.17 bits per heavy atom. The number of rotatable bonds is 9. The molecule has 1 rings (SSSR count). The van der Waals surface area contributed by atoms with Gasteiger partial charge >= 0.3 is 5.97 Å². The summed E-state index contributed by atoms with van der Waals surface area (Å²) < 4.78 is 36.0. The fraction of sp³-hybridized carbons (Fsp3) is 0.500. The molecule has 0 heterocycles. The number of ether oxygens (including phenoxy) is 2. The molecule has 0 aliphatic carbocycles. The predicted molar refractivity (Wildman–Crippen MR) is 80.0 cm³/mol. The van der Waals surface area contributed by atoms with Gasteiger partial charge in [0.05, 0.1) is 13.0 Å². The van der Waals surface area contributed by atoms with Gasteiger partial charge in [0, 0.05) is 32.4 Å². The standard InChI is InChI=1S/C16H21F2NO4/c1-3-23-15(20)7-9-19(8-4-10-22-2)16(21)12-5-6-13(17)14(18)11-12/h5-6,11H,3-4,7-10H2,1-2H3. The van der Waals surface area contributed by atoms with Gasteiger partial charge in [-0.1, -0.05) is 0 Å². The Balaban J connectivity index is 2.77. The van der Waals surface area contributed by atoms with Crippen LogP contribution < -0.4 is 0 Å². The van der Waals surface area contributed by atoms with Gasteiger partial charge < -0.3 is 14.4 Å². The molecular formula is C16H21F2NO4. The van der Waals surface area contributed by atoms with Gasteiger partial charge in [0.15, 0.2) is 11.6 Å². The van der Waals surface area contributed by atoms with E-state index in [-0.39, 0.29) is 25.1 Å². The molecule has 1 aromatic rings. The van der Waals surface area contributed by atoms with Crippen LogP contribution in [0.15, 0.2) is 18.2 Å². The Morgan fingerprint density at radius 3 is 2.52 bits per heavy atom. The lowest BCUT2D eigenvalue weighted by atomic mass is 10.1. The molecular weight excluding hydrogens is 308 g/mol. The molecule has 1 amide bonds. The quantitative estimate of drug-likeness (QED) is 0.516. The summed E-state index contributed by atoms with van der Waals surface area (Å²) in [6.45, 7) is 2.88. The van der Waals surface area contributed by atoms with E-state index in [1.54, 1.807) is 14.0 Å². The summed E-state index contributed by atoms with van der Waals surface area (Å²) >= 11 is 0. The highest BCUT2D eigenvalue weighted by molar-refractivity contribution is 5.94. The molecule has 0 saturated carbocycles. The Labute approximate surface area is 134 Å². The summed E-state index contributed by atoms with van der Waals surface area (Å²) in [6, 6.07) is 2.97. The summed E-state index contributed by atoms with van der Waals surface area (Å²) in [5.74, 6) is -2.98. The Morgan fingerprint density at radius 2 is 1.91 bits per heavy atom. The Kier molecular flexibility index (Phi) is 8.18. The van der Waals surface area contributed by atoms with Crippen LogP contribution >= 0.6 is 0 Å². The molecule has 0 radical (unpaired) electrons. The van der Waals surface area contributed by atoms with Gasteiger partial charge in [-0.25, -0.2) is 8.78 Å². The minimum absolute atomic E-state index is 0.0326. The summed E-state index contributed by atoms with van der Waals surface area (Å²) in [5, 5.41) is 0. The van der Waals surface area contributed by atoms with Crippen molar-refractivity contribution < 1.29 is 27.8 Å². The van der Waals surface area contributed by atoms with Crippen molar-refractivity contribution in [3.63, 3.8) is 0 Å². The fourth-order valence-corrected chi connectivity index (χ4v) is 1.99. The van der Waals surface area contributed by atoms with Crippen molar-refractivity contribution >= 4 is 11.9 Å². The van der Waals surface area contributed by atoms with Crippen LogP contribution in [0.2, 0.25) is 0 Å². The van der Waals surface area contributed by atoms with Gasteiger partial charge in [0.2, 0.25) is 0 Å². The summed E-state index contributed by atoms with van der Waals surface area (Å²) in [5.41, 5.74) is 0.0326. The second-order valence-electron chi connectivity index (χ2n) is 4.82. The third-order valence-corrected chi connectivity index (χ3v) is 3.12. The van der Waals surface area contributed by atoms with Crippen molar-refractivity contribution in [1.29, 1.82) is 0 Å². The average Bonchev–Trinajstić information content (AvgIpc) is 2.53. The van der Waals surface area contributed by atoms with Gasteiger partial charge in [0.25, 0.3) is 5.91 Å². The smallest absolute Gasteiger partial charge is 0.307 e. The van der Waals surface area contributed by atoms with Crippen LogP contribution in [0.5, 0.6) is 0 Å². The van der Waals surface area contributed by atoms with E-state index in [0.717, 1.165) is 12.1 Å². The number of nitrogens with zero attached hydrogens (tertiary/aromatic N) is 1. The molecule has 7 heteroatoms. The van der Waals surface area contributed by atoms with Crippen LogP contribution in [0.25, 0.3) is 0 Å². The van der Waals surface area contributed by atoms with Crippen molar-refractivity contribution in [3.05, 3.63) is 35.4 Å². The molecule has 0 fully saturated rings. The van der Waals surface area contributed by atoms with Crippen LogP contribution in [-0.4, -0.2) is 50.2 Å². The highest BCUT2D eigenvalue weighted by Crippen LogP contribution is 2.12. The number of methoxy groups -OCH3 is 1. The molecule has 1 aromatic carbocycles. The number of carbonyl (C=O) groups excluding carboxylic acids is 2. The van der Waals surface area contributed by atoms with E-state index in [0.29, 0.717) is 19.6 Å². The number of hydrogen-bond donors (Lipinski definition) is 0. The first-order valence-electron chi connectivity index (χ1n) is 7.38. The first-order chi connectivity index (χ1) is 11.0. The predicted octanol–water partition coefficient (Wildman–Crippen LogP) is 2.40. The molecule has 0 bridgehead atoms. The van der Waals surface area contributed by atoms with Crippen molar-refractivity contribution in [1.82, 2.24) is 4.90 Å². The molecule has 0 N–H and O–H groups in total. The molecule has 0 saturated heterocycles. The second-order valence-corrected chi connectivity index (χ2v) is 4.82. The second kappa shape index (κ2) is 9.89. The van der Waals surface area contributed by atoms with Gasteiger partial charge in [0.1, 0.15) is 0 Å². The van der Waals surface area contributed by atoms with Crippen LogP contribution in [0.1, 0.15) is 30.1 Å². The van der Waals surface area contributed by atoms with E-state index in [1.165, 1.54) is 11.0 Å². The molecule has 5 nitrogen and oxygen atoms in total. The highest BCUT2D eigenvalue weighted by atomic mass is 19.2. The number of esters is 1. The monoisotopic (exact) mass is 329 g/mol. The SMILES string of the molecule is CCOC(=O)CCN(CCCOC)C(=O)c1ccc(F)c(F)c1. The number of carbonyl (C=O) groups is 2. The summed E-state index contributed by atoms with van der Waals surface area (Å²) in [6.07, 6.45) is 0.602. The zero-order valence-corrected chi connectivity index (χ0v) is 13.3. The maximum absolute atomic E-state index is 13.3. The maximum Gasteiger partial charge on any atom is 0.307 e. The zero-order valence-electron chi connectivity index (χ0n) is 13.3. The van der Waals surface area contributed by atoms with Crippen LogP contribution in [0.3, 0.4) is 0 Å². The van der Waals surface area contributed by atoms with E-state index in [9.17, 15) is 18.4 Å². The zero-order chi connectivity index (χ0) is 17.2. The van der Waals surface area contributed by atoms with E-state index < -0.39 is 23.5 Å². The molecule has 0 spiro atoms. The van der Waals surface area contributed by atoms with E-state index in [1.807, 2.05) is 0 Å². The lowest BCUT2D eigenvalue weighted by Crippen LogP contribution is -2.34. The van der Waals surface area contributed by atoms with Crippen molar-refractivity contribution in [3.8, 4) is 0 Å². The molecule has 128 valence electrons. The van der Waals surface area contributed by atoms with Gasteiger partial charge in [-0.2, -0.15) is 0 Å². The van der Waals surface area contributed by atoms with Crippen LogP contribution in [-0.2, 0) is 14.3 Å². The Bertz CT molecular complexity index is 537. The summed E-state index contributed by atoms with van der Waals surface area (Å²) in [7, 11) is 1.54. The number of halogens is 2. The average molecular weight is 329 g/mol. The molecule has 23 heavy (non-hydrogen) atoms. The lowest BCUT2D eigenvalue weighted by Gasteiger charge is -2.22. The topological polar surface area (TPSA) is 55.8 Å². The number of benzene rings is 1. The fourth-order valence-electron chi connectivity index (χ4n) is 1.99. The van der Waals surface area contributed by atoms with Gasteiger partial charge in [-0.3, -0.25) is 9.59 Å². The number of hydrogen-bond acceptors (Lipinski definition) is 4. The van der Waals surface area contributed by atoms with Crippen molar-refractivity contribution in [2.75, 3.05) is 33.4 Å². The maximum atomic E-state index is 13.3. The van der Waals surface area contributed by atoms with Crippen LogP contribution in [0.4, 0.5) is 8.78 Å². The third-order valence-electron chi connectivity index (χ3n) is 3.12. The normalized spacial score (nSPS) is 10.4. The van der Waals surface area contributed by atoms with Crippen molar-refractivity contribution in [2.45, 2.75) is 19.8 Å². The largest absolute Gasteiger partial charge is 0.466 e. The van der Waals surface area contributed by atoms with E-state index in [2.05, 4.69) is 0 Å². The van der Waals surface area contributed by atoms with Crippen molar-refractivity contribution in [2.24, 2.45) is 0 Å². The molecule has 0 aromatic heterocycles. The number of amides is 1. The van der Waals surface area contributed by atoms with Gasteiger partial charge in [-0.15, -0.1) is 0 Å². The minimum Gasteiger partial charge on any atom is -0.466 e. The van der Waals surface area contributed by atoms with E-state index >= 15 is 0 Å². The first-order valence-corrected chi connectivity index (χ1v) is 7.38. The molecule has 0 atom stereocenters. The van der Waals surface area contributed by atoms with Gasteiger partial charge in [-0.05, 0) is 31.5 Å². The Hall–Kier alpha value is -2.02. The minimum atomic E-state index is -1.09. The van der Waals surface area contributed by atoms with E-state index in [4.69, 9.17) is 9.47 Å². The highest BCUT2D eigenvalue weighted by Gasteiger charge is 2.18. The molecule has 0 unspecified atom stereocenters. The summed E-state index contributed by atoms with van der Waals surface area (Å²) in [4.78, 5) is 25.3. The first kappa shape index (κ1) is 19.0. The molecule has 0 aliphatic heterocycles. The lowest BCUT2D eigenvalue weighted by molar-refractivity contribution is -0.143.